The summed E-state index contributed by atoms with van der Waals surface area (Å²) in [6.45, 7) is 4.32. The molecule has 0 spiro atoms. The SMILES string of the molecule is Cl.O=C1c2cc3c(cc2CCN1CC1CCCN(CC(O)Cc2cccc4ccccc24)C1)OCO3. The van der Waals surface area contributed by atoms with E-state index in [4.69, 9.17) is 9.47 Å². The van der Waals surface area contributed by atoms with Crippen molar-refractivity contribution in [3.8, 4) is 11.5 Å². The van der Waals surface area contributed by atoms with Crippen LogP contribution in [0.25, 0.3) is 10.8 Å². The quantitative estimate of drug-likeness (QED) is 0.538. The maximum Gasteiger partial charge on any atom is 0.254 e. The van der Waals surface area contributed by atoms with Gasteiger partial charge in [-0.2, -0.15) is 0 Å². The number of hydrogen-bond acceptors (Lipinski definition) is 5. The second-order valence-electron chi connectivity index (χ2n) is 10.1. The van der Waals surface area contributed by atoms with Gasteiger partial charge in [-0.15, -0.1) is 12.4 Å². The maximum absolute atomic E-state index is 13.2. The monoisotopic (exact) mass is 508 g/mol. The van der Waals surface area contributed by atoms with Crippen molar-refractivity contribution in [2.75, 3.05) is 39.5 Å². The van der Waals surface area contributed by atoms with Gasteiger partial charge < -0.3 is 24.4 Å². The van der Waals surface area contributed by atoms with Crippen LogP contribution in [0.1, 0.15) is 34.3 Å². The summed E-state index contributed by atoms with van der Waals surface area (Å²) >= 11 is 0. The van der Waals surface area contributed by atoms with Crippen molar-refractivity contribution in [2.24, 2.45) is 5.92 Å². The molecule has 2 atom stereocenters. The number of carbonyl (C=O) groups is 1. The van der Waals surface area contributed by atoms with E-state index >= 15 is 0 Å². The lowest BCUT2D eigenvalue weighted by atomic mass is 9.93. The van der Waals surface area contributed by atoms with Gasteiger partial charge in [-0.1, -0.05) is 42.5 Å². The van der Waals surface area contributed by atoms with Gasteiger partial charge in [-0.3, -0.25) is 4.79 Å². The van der Waals surface area contributed by atoms with Crippen molar-refractivity contribution >= 4 is 29.1 Å². The topological polar surface area (TPSA) is 62.2 Å². The molecule has 3 aliphatic heterocycles. The van der Waals surface area contributed by atoms with E-state index in [0.717, 1.165) is 62.3 Å². The number of ether oxygens (including phenoxy) is 2. The molecule has 0 aromatic heterocycles. The Kier molecular flexibility index (Phi) is 7.37. The summed E-state index contributed by atoms with van der Waals surface area (Å²) in [5.41, 5.74) is 3.00. The molecule has 2 unspecified atom stereocenters. The Labute approximate surface area is 218 Å². The summed E-state index contributed by atoms with van der Waals surface area (Å²) in [6.07, 6.45) is 3.31. The predicted molar refractivity (Wildman–Crippen MR) is 142 cm³/mol. The molecule has 6 nitrogen and oxygen atoms in total. The number of hydrogen-bond donors (Lipinski definition) is 1. The fraction of sp³-hybridized carbons (Fsp3) is 0.414. The highest BCUT2D eigenvalue weighted by Crippen LogP contribution is 2.37. The third-order valence-corrected chi connectivity index (χ3v) is 7.65. The van der Waals surface area contributed by atoms with E-state index in [1.54, 1.807) is 0 Å². The Morgan fingerprint density at radius 1 is 1.03 bits per heavy atom. The van der Waals surface area contributed by atoms with Crippen molar-refractivity contribution in [1.29, 1.82) is 0 Å². The smallest absolute Gasteiger partial charge is 0.254 e. The number of rotatable bonds is 6. The molecule has 36 heavy (non-hydrogen) atoms. The number of aliphatic hydroxyl groups excluding tert-OH is 1. The molecule has 3 aromatic rings. The van der Waals surface area contributed by atoms with Crippen LogP contribution in [-0.2, 0) is 12.8 Å². The molecular formula is C29H33ClN2O4. The number of nitrogens with zero attached hydrogens (tertiary/aromatic N) is 2. The minimum absolute atomic E-state index is 0. The molecule has 190 valence electrons. The van der Waals surface area contributed by atoms with Gasteiger partial charge in [0.05, 0.1) is 6.10 Å². The van der Waals surface area contributed by atoms with Crippen LogP contribution in [0.5, 0.6) is 11.5 Å². The van der Waals surface area contributed by atoms with Gasteiger partial charge in [-0.05, 0) is 65.8 Å². The zero-order chi connectivity index (χ0) is 23.8. The first-order chi connectivity index (χ1) is 17.1. The van der Waals surface area contributed by atoms with Crippen LogP contribution in [-0.4, -0.2) is 66.4 Å². The number of piperidine rings is 1. The van der Waals surface area contributed by atoms with E-state index in [-0.39, 0.29) is 25.1 Å². The van der Waals surface area contributed by atoms with Gasteiger partial charge in [0.1, 0.15) is 0 Å². The number of carbonyl (C=O) groups excluding carboxylic acids is 1. The zero-order valence-corrected chi connectivity index (χ0v) is 21.2. The first-order valence-corrected chi connectivity index (χ1v) is 12.7. The lowest BCUT2D eigenvalue weighted by molar-refractivity contribution is 0.0579. The fourth-order valence-corrected chi connectivity index (χ4v) is 5.96. The van der Waals surface area contributed by atoms with E-state index in [0.29, 0.717) is 24.6 Å². The number of benzene rings is 3. The molecule has 1 amide bonds. The van der Waals surface area contributed by atoms with E-state index in [9.17, 15) is 9.90 Å². The standard InChI is InChI=1S/C29H32N2O4.ClH/c32-24(13-22-8-3-7-21-6-1-2-9-25(21)22)18-30-11-4-5-20(16-30)17-31-12-10-23-14-27-28(35-19-34-27)15-26(23)29(31)33;/h1-3,6-9,14-15,20,24,32H,4-5,10-13,16-19H2;1H. The van der Waals surface area contributed by atoms with E-state index < -0.39 is 6.10 Å². The molecule has 1 saturated heterocycles. The number of halogens is 1. The predicted octanol–water partition coefficient (Wildman–Crippen LogP) is 4.30. The number of β-amino-alcohol motifs (C(OH)–C–C–N with tert-alkyl or cyclic N) is 1. The molecule has 0 aliphatic carbocycles. The number of amides is 1. The Hall–Kier alpha value is -2.80. The summed E-state index contributed by atoms with van der Waals surface area (Å²) in [6, 6.07) is 18.5. The normalized spacial score (nSPS) is 20.2. The van der Waals surface area contributed by atoms with Gasteiger partial charge in [-0.25, -0.2) is 0 Å². The van der Waals surface area contributed by atoms with E-state index in [2.05, 4.69) is 47.4 Å². The third kappa shape index (κ3) is 5.03. The van der Waals surface area contributed by atoms with Crippen LogP contribution in [0.3, 0.4) is 0 Å². The molecule has 3 aromatic carbocycles. The van der Waals surface area contributed by atoms with E-state index in [1.807, 2.05) is 17.0 Å². The molecule has 0 saturated carbocycles. The highest BCUT2D eigenvalue weighted by molar-refractivity contribution is 5.97. The molecular weight excluding hydrogens is 476 g/mol. The van der Waals surface area contributed by atoms with Crippen LogP contribution in [0, 0.1) is 5.92 Å². The average molecular weight is 509 g/mol. The van der Waals surface area contributed by atoms with Gasteiger partial charge in [0, 0.05) is 38.2 Å². The van der Waals surface area contributed by atoms with Crippen molar-refractivity contribution in [1.82, 2.24) is 9.80 Å². The third-order valence-electron chi connectivity index (χ3n) is 7.65. The Balaban J connectivity index is 0.00000267. The van der Waals surface area contributed by atoms with Gasteiger partial charge in [0.2, 0.25) is 6.79 Å². The van der Waals surface area contributed by atoms with Crippen LogP contribution >= 0.6 is 12.4 Å². The van der Waals surface area contributed by atoms with Crippen LogP contribution in [0.2, 0.25) is 0 Å². The second-order valence-corrected chi connectivity index (χ2v) is 10.1. The maximum atomic E-state index is 13.2. The largest absolute Gasteiger partial charge is 0.454 e. The van der Waals surface area contributed by atoms with Crippen LogP contribution in [0.4, 0.5) is 0 Å². The number of aliphatic hydroxyl groups is 1. The molecule has 7 heteroatoms. The molecule has 3 heterocycles. The highest BCUT2D eigenvalue weighted by Gasteiger charge is 2.31. The Morgan fingerprint density at radius 3 is 2.72 bits per heavy atom. The Bertz CT molecular complexity index is 1240. The summed E-state index contributed by atoms with van der Waals surface area (Å²) in [5, 5.41) is 13.4. The van der Waals surface area contributed by atoms with E-state index in [1.165, 1.54) is 16.3 Å². The molecule has 0 bridgehead atoms. The number of fused-ring (bicyclic) bond motifs is 3. The average Bonchev–Trinajstić information content (AvgIpc) is 3.33. The second kappa shape index (κ2) is 10.7. The van der Waals surface area contributed by atoms with Crippen LogP contribution < -0.4 is 9.47 Å². The molecule has 1 fully saturated rings. The summed E-state index contributed by atoms with van der Waals surface area (Å²) in [5.74, 6) is 1.93. The zero-order valence-electron chi connectivity index (χ0n) is 20.4. The highest BCUT2D eigenvalue weighted by atomic mass is 35.5. The minimum atomic E-state index is -0.410. The van der Waals surface area contributed by atoms with Crippen molar-refractivity contribution in [2.45, 2.75) is 31.8 Å². The van der Waals surface area contributed by atoms with Gasteiger partial charge in [0.25, 0.3) is 5.91 Å². The van der Waals surface area contributed by atoms with Crippen molar-refractivity contribution < 1.29 is 19.4 Å². The van der Waals surface area contributed by atoms with Gasteiger partial charge >= 0.3 is 0 Å². The molecule has 6 rings (SSSR count). The molecule has 1 N–H and O–H groups in total. The first kappa shape index (κ1) is 24.9. The first-order valence-electron chi connectivity index (χ1n) is 12.7. The Morgan fingerprint density at radius 2 is 1.83 bits per heavy atom. The van der Waals surface area contributed by atoms with Gasteiger partial charge in [0.15, 0.2) is 11.5 Å². The minimum Gasteiger partial charge on any atom is -0.454 e. The number of likely N-dealkylation sites (tertiary alicyclic amines) is 1. The van der Waals surface area contributed by atoms with Crippen molar-refractivity contribution in [3.05, 3.63) is 71.3 Å². The lowest BCUT2D eigenvalue weighted by Crippen LogP contribution is -2.46. The summed E-state index contributed by atoms with van der Waals surface area (Å²) in [4.78, 5) is 17.6. The van der Waals surface area contributed by atoms with Crippen LogP contribution in [0.15, 0.2) is 54.6 Å². The lowest BCUT2D eigenvalue weighted by Gasteiger charge is -2.38. The summed E-state index contributed by atoms with van der Waals surface area (Å²) in [7, 11) is 0. The fourth-order valence-electron chi connectivity index (χ4n) is 5.96. The van der Waals surface area contributed by atoms with Crippen molar-refractivity contribution in [3.63, 3.8) is 0 Å². The molecule has 0 radical (unpaired) electrons. The summed E-state index contributed by atoms with van der Waals surface area (Å²) < 4.78 is 11.0. The molecule has 3 aliphatic rings.